The van der Waals surface area contributed by atoms with Crippen LogP contribution in [0.3, 0.4) is 0 Å². The quantitative estimate of drug-likeness (QED) is 0.718. The summed E-state index contributed by atoms with van der Waals surface area (Å²) in [6.07, 6.45) is 1.96. The van der Waals surface area contributed by atoms with E-state index in [9.17, 15) is 18.3 Å². The second kappa shape index (κ2) is 9.28. The molecule has 7 nitrogen and oxygen atoms in total. The van der Waals surface area contributed by atoms with Gasteiger partial charge in [0, 0.05) is 19.6 Å². The van der Waals surface area contributed by atoms with Crippen LogP contribution in [-0.4, -0.2) is 50.5 Å². The van der Waals surface area contributed by atoms with Crippen LogP contribution >= 0.6 is 0 Å². The second-order valence-corrected chi connectivity index (χ2v) is 9.02. The van der Waals surface area contributed by atoms with E-state index in [1.165, 1.54) is 23.5 Å². The number of phenolic OH excluding ortho intramolecular Hbond substituents is 1. The third-order valence-electron chi connectivity index (χ3n) is 5.10. The molecule has 2 N–H and O–H groups in total. The van der Waals surface area contributed by atoms with Crippen molar-refractivity contribution < 1.29 is 23.1 Å². The van der Waals surface area contributed by atoms with Crippen LogP contribution in [0.4, 0.5) is 0 Å². The first kappa shape index (κ1) is 21.1. The zero-order valence-corrected chi connectivity index (χ0v) is 17.2. The van der Waals surface area contributed by atoms with Gasteiger partial charge in [0.05, 0.1) is 17.9 Å². The van der Waals surface area contributed by atoms with Gasteiger partial charge in [-0.25, -0.2) is 8.42 Å². The lowest BCUT2D eigenvalue weighted by Crippen LogP contribution is -2.45. The van der Waals surface area contributed by atoms with Crippen molar-refractivity contribution >= 4 is 15.9 Å². The van der Waals surface area contributed by atoms with E-state index in [4.69, 9.17) is 4.74 Å². The molecular weight excluding hydrogens is 392 g/mol. The van der Waals surface area contributed by atoms with Crippen LogP contribution in [0.1, 0.15) is 18.4 Å². The van der Waals surface area contributed by atoms with Crippen LogP contribution in [0.25, 0.3) is 0 Å². The highest BCUT2D eigenvalue weighted by Crippen LogP contribution is 2.25. The zero-order chi connectivity index (χ0) is 20.9. The van der Waals surface area contributed by atoms with Crippen molar-refractivity contribution in [1.29, 1.82) is 0 Å². The Morgan fingerprint density at radius 3 is 2.52 bits per heavy atom. The van der Waals surface area contributed by atoms with Crippen molar-refractivity contribution in [2.24, 2.45) is 5.92 Å². The average Bonchev–Trinajstić information content (AvgIpc) is 2.75. The number of sulfonamides is 1. The summed E-state index contributed by atoms with van der Waals surface area (Å²) in [5.74, 6) is 0.307. The molecule has 1 heterocycles. The lowest BCUT2D eigenvalue weighted by atomic mass is 9.99. The molecule has 3 rings (SSSR count). The molecule has 0 bridgehead atoms. The van der Waals surface area contributed by atoms with Gasteiger partial charge in [-0.1, -0.05) is 12.1 Å². The molecule has 1 atom stereocenters. The Labute approximate surface area is 171 Å². The SMILES string of the molecule is COc1ccc(S(=O)(=O)N2CCC[C@@H](C(=O)NCCc3ccc(O)cc3)C2)cc1. The molecule has 1 aliphatic rings. The van der Waals surface area contributed by atoms with Gasteiger partial charge >= 0.3 is 0 Å². The standard InChI is InChI=1S/C21H26N2O5S/c1-28-19-8-10-20(11-9-19)29(26,27)23-14-2-3-17(15-23)21(25)22-13-12-16-4-6-18(24)7-5-16/h4-11,17,24H,2-3,12-15H2,1H3,(H,22,25)/t17-/m1/s1. The minimum Gasteiger partial charge on any atom is -0.508 e. The molecule has 0 radical (unpaired) electrons. The molecule has 1 saturated heterocycles. The Morgan fingerprint density at radius 2 is 1.86 bits per heavy atom. The largest absolute Gasteiger partial charge is 0.508 e. The average molecular weight is 419 g/mol. The molecule has 2 aromatic carbocycles. The van der Waals surface area contributed by atoms with E-state index >= 15 is 0 Å². The maximum atomic E-state index is 12.9. The van der Waals surface area contributed by atoms with Gasteiger partial charge in [-0.05, 0) is 61.2 Å². The normalized spacial score (nSPS) is 17.6. The number of phenols is 1. The van der Waals surface area contributed by atoms with Crippen molar-refractivity contribution in [2.75, 3.05) is 26.7 Å². The van der Waals surface area contributed by atoms with Gasteiger partial charge in [-0.3, -0.25) is 4.79 Å². The van der Waals surface area contributed by atoms with Gasteiger partial charge in [0.25, 0.3) is 0 Å². The van der Waals surface area contributed by atoms with Crippen molar-refractivity contribution in [3.05, 3.63) is 54.1 Å². The number of nitrogens with one attached hydrogen (secondary N) is 1. The van der Waals surface area contributed by atoms with E-state index in [2.05, 4.69) is 5.32 Å². The molecule has 2 aromatic rings. The number of carbonyl (C=O) groups excluding carboxylic acids is 1. The van der Waals surface area contributed by atoms with E-state index in [1.54, 1.807) is 24.3 Å². The third-order valence-corrected chi connectivity index (χ3v) is 6.98. The second-order valence-electron chi connectivity index (χ2n) is 7.09. The lowest BCUT2D eigenvalue weighted by Gasteiger charge is -2.31. The number of benzene rings is 2. The summed E-state index contributed by atoms with van der Waals surface area (Å²) in [5.41, 5.74) is 1.01. The summed E-state index contributed by atoms with van der Waals surface area (Å²) in [6, 6.07) is 13.1. The topological polar surface area (TPSA) is 95.9 Å². The molecule has 8 heteroatoms. The number of carbonyl (C=O) groups is 1. The summed E-state index contributed by atoms with van der Waals surface area (Å²) < 4.78 is 32.3. The molecule has 0 saturated carbocycles. The Balaban J connectivity index is 1.57. The highest BCUT2D eigenvalue weighted by molar-refractivity contribution is 7.89. The van der Waals surface area contributed by atoms with Gasteiger partial charge in [-0.2, -0.15) is 4.31 Å². The number of nitrogens with zero attached hydrogens (tertiary/aromatic N) is 1. The summed E-state index contributed by atoms with van der Waals surface area (Å²) in [5, 5.41) is 12.2. The van der Waals surface area contributed by atoms with Crippen LogP contribution in [0.5, 0.6) is 11.5 Å². The Morgan fingerprint density at radius 1 is 1.17 bits per heavy atom. The number of rotatable bonds is 7. The van der Waals surface area contributed by atoms with Crippen molar-refractivity contribution in [1.82, 2.24) is 9.62 Å². The Bertz CT molecular complexity index is 927. The summed E-state index contributed by atoms with van der Waals surface area (Å²) in [4.78, 5) is 12.7. The fourth-order valence-corrected chi connectivity index (χ4v) is 4.93. The number of amides is 1. The summed E-state index contributed by atoms with van der Waals surface area (Å²) in [7, 11) is -2.12. The lowest BCUT2D eigenvalue weighted by molar-refractivity contribution is -0.126. The number of aromatic hydroxyl groups is 1. The smallest absolute Gasteiger partial charge is 0.243 e. The molecule has 156 valence electrons. The molecule has 1 fully saturated rings. The maximum Gasteiger partial charge on any atom is 0.243 e. The monoisotopic (exact) mass is 418 g/mol. The predicted octanol–water partition coefficient (Wildman–Crippen LogP) is 2.16. The van der Waals surface area contributed by atoms with E-state index in [1.807, 2.05) is 12.1 Å². The molecule has 0 spiro atoms. The zero-order valence-electron chi connectivity index (χ0n) is 16.4. The molecule has 29 heavy (non-hydrogen) atoms. The maximum absolute atomic E-state index is 12.9. The highest BCUT2D eigenvalue weighted by atomic mass is 32.2. The fourth-order valence-electron chi connectivity index (χ4n) is 3.41. The van der Waals surface area contributed by atoms with Gasteiger partial charge < -0.3 is 15.2 Å². The van der Waals surface area contributed by atoms with Gasteiger partial charge in [0.2, 0.25) is 15.9 Å². The van der Waals surface area contributed by atoms with Crippen LogP contribution in [0.15, 0.2) is 53.4 Å². The van der Waals surface area contributed by atoms with Crippen LogP contribution in [0, 0.1) is 5.92 Å². The molecule has 0 unspecified atom stereocenters. The van der Waals surface area contributed by atoms with Crippen molar-refractivity contribution in [3.8, 4) is 11.5 Å². The number of ether oxygens (including phenoxy) is 1. The minimum atomic E-state index is -3.65. The van der Waals surface area contributed by atoms with Crippen LogP contribution in [0.2, 0.25) is 0 Å². The van der Waals surface area contributed by atoms with Gasteiger partial charge in [0.15, 0.2) is 0 Å². The number of hydrogen-bond acceptors (Lipinski definition) is 5. The van der Waals surface area contributed by atoms with E-state index in [0.29, 0.717) is 38.1 Å². The third kappa shape index (κ3) is 5.27. The summed E-state index contributed by atoms with van der Waals surface area (Å²) >= 11 is 0. The van der Waals surface area contributed by atoms with Gasteiger partial charge in [-0.15, -0.1) is 0 Å². The number of methoxy groups -OCH3 is 1. The van der Waals surface area contributed by atoms with E-state index < -0.39 is 10.0 Å². The summed E-state index contributed by atoms with van der Waals surface area (Å²) in [6.45, 7) is 1.05. The van der Waals surface area contributed by atoms with E-state index in [-0.39, 0.29) is 29.0 Å². The van der Waals surface area contributed by atoms with Crippen molar-refractivity contribution in [3.63, 3.8) is 0 Å². The van der Waals surface area contributed by atoms with Crippen LogP contribution < -0.4 is 10.1 Å². The molecular formula is C21H26N2O5S. The Kier molecular flexibility index (Phi) is 6.76. The van der Waals surface area contributed by atoms with Crippen molar-refractivity contribution in [2.45, 2.75) is 24.2 Å². The molecule has 0 aliphatic carbocycles. The first-order valence-electron chi connectivity index (χ1n) is 9.60. The highest BCUT2D eigenvalue weighted by Gasteiger charge is 2.33. The van der Waals surface area contributed by atoms with E-state index in [0.717, 1.165) is 5.56 Å². The fraction of sp³-hybridized carbons (Fsp3) is 0.381. The minimum absolute atomic E-state index is 0.126. The van der Waals surface area contributed by atoms with Crippen LogP contribution in [-0.2, 0) is 21.2 Å². The first-order chi connectivity index (χ1) is 13.9. The first-order valence-corrected chi connectivity index (χ1v) is 11.0. The number of piperidine rings is 1. The molecule has 1 amide bonds. The molecule has 0 aromatic heterocycles. The van der Waals surface area contributed by atoms with Gasteiger partial charge in [0.1, 0.15) is 11.5 Å². The predicted molar refractivity (Wildman–Crippen MR) is 109 cm³/mol. The Hall–Kier alpha value is -2.58. The molecule has 1 aliphatic heterocycles. The number of hydrogen-bond donors (Lipinski definition) is 2.